The summed E-state index contributed by atoms with van der Waals surface area (Å²) in [5.41, 5.74) is 6.45. The minimum atomic E-state index is -0.425. The van der Waals surface area contributed by atoms with Crippen molar-refractivity contribution in [3.05, 3.63) is 29.8 Å². The Labute approximate surface area is 103 Å². The van der Waals surface area contributed by atoms with E-state index in [-0.39, 0.29) is 5.78 Å². The molecule has 1 aromatic carbocycles. The minimum Gasteiger partial charge on any atom is -0.493 e. The smallest absolute Gasteiger partial charge is 0.183 e. The highest BCUT2D eigenvalue weighted by molar-refractivity contribution is 6.02. The Bertz CT molecular complexity index is 363. The lowest BCUT2D eigenvalue weighted by Crippen LogP contribution is -2.30. The first-order valence-corrected chi connectivity index (χ1v) is 6.22. The highest BCUT2D eigenvalue weighted by Crippen LogP contribution is 2.20. The molecule has 1 unspecified atom stereocenters. The van der Waals surface area contributed by atoms with E-state index in [1.54, 1.807) is 6.07 Å². The molecule has 3 nitrogen and oxygen atoms in total. The molecule has 17 heavy (non-hydrogen) atoms. The number of ketones is 1. The summed E-state index contributed by atoms with van der Waals surface area (Å²) < 4.78 is 5.56. The van der Waals surface area contributed by atoms with Crippen LogP contribution >= 0.6 is 0 Å². The fourth-order valence-corrected chi connectivity index (χ4v) is 1.65. The topological polar surface area (TPSA) is 52.3 Å². The average molecular weight is 235 g/mol. The number of para-hydroxylation sites is 1. The van der Waals surface area contributed by atoms with Crippen LogP contribution in [0.25, 0.3) is 0 Å². The van der Waals surface area contributed by atoms with Gasteiger partial charge in [-0.1, -0.05) is 32.4 Å². The molecule has 0 bridgehead atoms. The largest absolute Gasteiger partial charge is 0.493 e. The Morgan fingerprint density at radius 1 is 1.29 bits per heavy atom. The minimum absolute atomic E-state index is 0.0291. The number of hydrogen-bond donors (Lipinski definition) is 1. The van der Waals surface area contributed by atoms with Crippen molar-refractivity contribution in [3.8, 4) is 5.75 Å². The molecule has 2 N–H and O–H groups in total. The SMILES string of the molecule is CCCOc1ccccc1C(=O)C(N)CCC. The second kappa shape index (κ2) is 7.07. The summed E-state index contributed by atoms with van der Waals surface area (Å²) in [7, 11) is 0. The van der Waals surface area contributed by atoms with E-state index in [0.717, 1.165) is 12.8 Å². The van der Waals surface area contributed by atoms with Gasteiger partial charge in [-0.15, -0.1) is 0 Å². The van der Waals surface area contributed by atoms with Gasteiger partial charge in [-0.25, -0.2) is 0 Å². The molecule has 0 spiro atoms. The molecule has 94 valence electrons. The second-order valence-corrected chi connectivity index (χ2v) is 4.10. The van der Waals surface area contributed by atoms with Crippen molar-refractivity contribution in [2.75, 3.05) is 6.61 Å². The summed E-state index contributed by atoms with van der Waals surface area (Å²) in [5.74, 6) is 0.615. The van der Waals surface area contributed by atoms with Crippen molar-refractivity contribution >= 4 is 5.78 Å². The van der Waals surface area contributed by atoms with Gasteiger partial charge in [0, 0.05) is 0 Å². The first-order chi connectivity index (χ1) is 8.20. The van der Waals surface area contributed by atoms with Crippen molar-refractivity contribution in [1.29, 1.82) is 0 Å². The average Bonchev–Trinajstić information content (AvgIpc) is 2.36. The van der Waals surface area contributed by atoms with Gasteiger partial charge in [0.2, 0.25) is 0 Å². The lowest BCUT2D eigenvalue weighted by atomic mass is 10.0. The third kappa shape index (κ3) is 3.86. The van der Waals surface area contributed by atoms with Crippen molar-refractivity contribution < 1.29 is 9.53 Å². The molecule has 0 aliphatic rings. The second-order valence-electron chi connectivity index (χ2n) is 4.10. The maximum absolute atomic E-state index is 12.1. The van der Waals surface area contributed by atoms with Gasteiger partial charge in [0.05, 0.1) is 18.2 Å². The number of nitrogens with two attached hydrogens (primary N) is 1. The van der Waals surface area contributed by atoms with Crippen LogP contribution in [0.5, 0.6) is 5.75 Å². The molecule has 0 radical (unpaired) electrons. The van der Waals surface area contributed by atoms with Crippen LogP contribution in [0, 0.1) is 0 Å². The van der Waals surface area contributed by atoms with Crippen LogP contribution in [0.2, 0.25) is 0 Å². The number of carbonyl (C=O) groups excluding carboxylic acids is 1. The summed E-state index contributed by atoms with van der Waals surface area (Å²) in [6.07, 6.45) is 2.54. The van der Waals surface area contributed by atoms with Gasteiger partial charge in [-0.05, 0) is 25.0 Å². The predicted octanol–water partition coefficient (Wildman–Crippen LogP) is 2.79. The molecule has 0 amide bonds. The molecule has 0 fully saturated rings. The quantitative estimate of drug-likeness (QED) is 0.739. The van der Waals surface area contributed by atoms with E-state index in [0.29, 0.717) is 24.3 Å². The summed E-state index contributed by atoms with van der Waals surface area (Å²) in [6.45, 7) is 4.67. The van der Waals surface area contributed by atoms with Crippen LogP contribution in [0.15, 0.2) is 24.3 Å². The summed E-state index contributed by atoms with van der Waals surface area (Å²) >= 11 is 0. The Morgan fingerprint density at radius 2 is 2.00 bits per heavy atom. The lowest BCUT2D eigenvalue weighted by Gasteiger charge is -2.13. The van der Waals surface area contributed by atoms with Gasteiger partial charge in [0.25, 0.3) is 0 Å². The van der Waals surface area contributed by atoms with Crippen LogP contribution in [0.4, 0.5) is 0 Å². The predicted molar refractivity (Wildman–Crippen MR) is 69.4 cm³/mol. The van der Waals surface area contributed by atoms with Crippen molar-refractivity contribution in [2.24, 2.45) is 5.73 Å². The standard InChI is InChI=1S/C14H21NO2/c1-3-7-12(15)14(16)11-8-5-6-9-13(11)17-10-4-2/h5-6,8-9,12H,3-4,7,10,15H2,1-2H3. The van der Waals surface area contributed by atoms with Crippen LogP contribution < -0.4 is 10.5 Å². The molecule has 0 saturated carbocycles. The highest BCUT2D eigenvalue weighted by Gasteiger charge is 2.18. The van der Waals surface area contributed by atoms with Gasteiger partial charge in [-0.2, -0.15) is 0 Å². The van der Waals surface area contributed by atoms with Gasteiger partial charge in [0.1, 0.15) is 5.75 Å². The first-order valence-electron chi connectivity index (χ1n) is 6.22. The third-order valence-electron chi connectivity index (χ3n) is 2.55. The number of ether oxygens (including phenoxy) is 1. The molecule has 1 atom stereocenters. The number of rotatable bonds is 7. The molecule has 0 heterocycles. The molecule has 0 saturated heterocycles. The van der Waals surface area contributed by atoms with Gasteiger partial charge in [0.15, 0.2) is 5.78 Å². The molecule has 1 rings (SSSR count). The van der Waals surface area contributed by atoms with E-state index in [2.05, 4.69) is 0 Å². The maximum atomic E-state index is 12.1. The molecular formula is C14H21NO2. The molecule has 3 heteroatoms. The van der Waals surface area contributed by atoms with Gasteiger partial charge < -0.3 is 10.5 Å². The number of hydrogen-bond acceptors (Lipinski definition) is 3. The summed E-state index contributed by atoms with van der Waals surface area (Å²) in [4.78, 5) is 12.1. The Balaban J connectivity index is 2.84. The number of Topliss-reactive ketones (excluding diaryl/α,β-unsaturated/α-hetero) is 1. The summed E-state index contributed by atoms with van der Waals surface area (Å²) in [6, 6.07) is 6.88. The van der Waals surface area contributed by atoms with Crippen molar-refractivity contribution in [3.63, 3.8) is 0 Å². The molecule has 0 aliphatic carbocycles. The van der Waals surface area contributed by atoms with E-state index in [1.165, 1.54) is 0 Å². The van der Waals surface area contributed by atoms with Crippen LogP contribution in [-0.2, 0) is 0 Å². The van der Waals surface area contributed by atoms with Crippen LogP contribution in [-0.4, -0.2) is 18.4 Å². The zero-order chi connectivity index (χ0) is 12.7. The lowest BCUT2D eigenvalue weighted by molar-refractivity contribution is 0.0952. The van der Waals surface area contributed by atoms with Crippen LogP contribution in [0.1, 0.15) is 43.5 Å². The van der Waals surface area contributed by atoms with E-state index in [1.807, 2.05) is 32.0 Å². The van der Waals surface area contributed by atoms with Gasteiger partial charge >= 0.3 is 0 Å². The Kier molecular flexibility index (Phi) is 5.70. The van der Waals surface area contributed by atoms with E-state index in [4.69, 9.17) is 10.5 Å². The monoisotopic (exact) mass is 235 g/mol. The molecular weight excluding hydrogens is 214 g/mol. The molecule has 0 aromatic heterocycles. The maximum Gasteiger partial charge on any atom is 0.183 e. The number of benzene rings is 1. The van der Waals surface area contributed by atoms with Crippen molar-refractivity contribution in [2.45, 2.75) is 39.2 Å². The molecule has 0 aliphatic heterocycles. The third-order valence-corrected chi connectivity index (χ3v) is 2.55. The zero-order valence-electron chi connectivity index (χ0n) is 10.6. The van der Waals surface area contributed by atoms with Gasteiger partial charge in [-0.3, -0.25) is 4.79 Å². The molecule has 1 aromatic rings. The Hall–Kier alpha value is -1.35. The summed E-state index contributed by atoms with van der Waals surface area (Å²) in [5, 5.41) is 0. The first kappa shape index (κ1) is 13.7. The van der Waals surface area contributed by atoms with E-state index in [9.17, 15) is 4.79 Å². The highest BCUT2D eigenvalue weighted by atomic mass is 16.5. The van der Waals surface area contributed by atoms with E-state index >= 15 is 0 Å². The van der Waals surface area contributed by atoms with E-state index < -0.39 is 6.04 Å². The zero-order valence-corrected chi connectivity index (χ0v) is 10.6. The van der Waals surface area contributed by atoms with Crippen molar-refractivity contribution in [1.82, 2.24) is 0 Å². The van der Waals surface area contributed by atoms with Crippen LogP contribution in [0.3, 0.4) is 0 Å². The Morgan fingerprint density at radius 3 is 2.65 bits per heavy atom. The number of carbonyl (C=O) groups is 1. The fraction of sp³-hybridized carbons (Fsp3) is 0.500. The normalized spacial score (nSPS) is 12.2. The fourth-order valence-electron chi connectivity index (χ4n) is 1.65.